The number of ether oxygens (including phenoxy) is 1. The van der Waals surface area contributed by atoms with Crippen LogP contribution in [0.2, 0.25) is 10.0 Å². The van der Waals surface area contributed by atoms with Crippen molar-refractivity contribution >= 4 is 51.5 Å². The minimum absolute atomic E-state index is 0.0986. The number of halogens is 2. The standard InChI is InChI=1S/C20H15Cl2NO3/c21-17-9-8-15(11-18(17)22)23-19(24)12-26-20(25)10-14-6-3-5-13-4-1-2-7-16(13)14/h1-9,11H,10,12H2,(H,23,24). The Bertz CT molecular complexity index is 967. The molecule has 4 nitrogen and oxygen atoms in total. The van der Waals surface area contributed by atoms with Gasteiger partial charge in [-0.15, -0.1) is 0 Å². The van der Waals surface area contributed by atoms with Gasteiger partial charge in [0.15, 0.2) is 6.61 Å². The van der Waals surface area contributed by atoms with E-state index in [-0.39, 0.29) is 13.0 Å². The Morgan fingerprint density at radius 1 is 0.923 bits per heavy atom. The van der Waals surface area contributed by atoms with Crippen molar-refractivity contribution in [2.24, 2.45) is 0 Å². The quantitative estimate of drug-likeness (QED) is 0.635. The molecule has 0 spiro atoms. The molecule has 0 aliphatic carbocycles. The molecular formula is C20H15Cl2NO3. The molecule has 0 saturated heterocycles. The summed E-state index contributed by atoms with van der Waals surface area (Å²) in [6.07, 6.45) is 0.0986. The topological polar surface area (TPSA) is 55.4 Å². The third kappa shape index (κ3) is 4.54. The first-order valence-corrected chi connectivity index (χ1v) is 8.66. The minimum Gasteiger partial charge on any atom is -0.455 e. The van der Waals surface area contributed by atoms with Crippen molar-refractivity contribution in [1.29, 1.82) is 0 Å². The smallest absolute Gasteiger partial charge is 0.310 e. The van der Waals surface area contributed by atoms with Crippen LogP contribution in [0.15, 0.2) is 60.7 Å². The van der Waals surface area contributed by atoms with E-state index < -0.39 is 11.9 Å². The van der Waals surface area contributed by atoms with Crippen molar-refractivity contribution in [1.82, 2.24) is 0 Å². The van der Waals surface area contributed by atoms with Gasteiger partial charge in [-0.1, -0.05) is 65.7 Å². The van der Waals surface area contributed by atoms with E-state index in [1.807, 2.05) is 42.5 Å². The Morgan fingerprint density at radius 2 is 1.69 bits per heavy atom. The fourth-order valence-electron chi connectivity index (χ4n) is 2.57. The highest BCUT2D eigenvalue weighted by Gasteiger charge is 2.11. The molecule has 26 heavy (non-hydrogen) atoms. The van der Waals surface area contributed by atoms with E-state index in [1.165, 1.54) is 6.07 Å². The number of anilines is 1. The van der Waals surface area contributed by atoms with Gasteiger partial charge in [-0.25, -0.2) is 0 Å². The van der Waals surface area contributed by atoms with E-state index in [2.05, 4.69) is 5.32 Å². The van der Waals surface area contributed by atoms with E-state index in [0.29, 0.717) is 15.7 Å². The number of rotatable bonds is 5. The molecule has 0 atom stereocenters. The molecule has 1 amide bonds. The zero-order chi connectivity index (χ0) is 18.5. The van der Waals surface area contributed by atoms with Gasteiger partial charge >= 0.3 is 5.97 Å². The first kappa shape index (κ1) is 18.2. The van der Waals surface area contributed by atoms with Gasteiger partial charge in [-0.3, -0.25) is 9.59 Å². The van der Waals surface area contributed by atoms with Gasteiger partial charge in [-0.05, 0) is 34.5 Å². The molecule has 1 N–H and O–H groups in total. The van der Waals surface area contributed by atoms with Gasteiger partial charge in [0.25, 0.3) is 5.91 Å². The molecule has 3 aromatic carbocycles. The number of carbonyl (C=O) groups excluding carboxylic acids is 2. The van der Waals surface area contributed by atoms with Gasteiger partial charge in [0.05, 0.1) is 16.5 Å². The maximum absolute atomic E-state index is 12.1. The number of amides is 1. The number of hydrogen-bond acceptors (Lipinski definition) is 3. The van der Waals surface area contributed by atoms with Crippen LogP contribution in [-0.4, -0.2) is 18.5 Å². The zero-order valence-corrected chi connectivity index (χ0v) is 15.2. The number of hydrogen-bond donors (Lipinski definition) is 1. The molecular weight excluding hydrogens is 373 g/mol. The van der Waals surface area contributed by atoms with E-state index in [9.17, 15) is 9.59 Å². The van der Waals surface area contributed by atoms with Crippen molar-refractivity contribution in [2.45, 2.75) is 6.42 Å². The fraction of sp³-hybridized carbons (Fsp3) is 0.100. The monoisotopic (exact) mass is 387 g/mol. The SMILES string of the molecule is O=C(COC(=O)Cc1cccc2ccccc12)Nc1ccc(Cl)c(Cl)c1. The van der Waals surface area contributed by atoms with Crippen LogP contribution in [0.4, 0.5) is 5.69 Å². The first-order chi connectivity index (χ1) is 12.5. The Kier molecular flexibility index (Phi) is 5.76. The van der Waals surface area contributed by atoms with Crippen LogP contribution in [0.1, 0.15) is 5.56 Å². The maximum atomic E-state index is 12.1. The molecule has 0 saturated carbocycles. The lowest BCUT2D eigenvalue weighted by Crippen LogP contribution is -2.21. The summed E-state index contributed by atoms with van der Waals surface area (Å²) in [7, 11) is 0. The lowest BCUT2D eigenvalue weighted by atomic mass is 10.0. The van der Waals surface area contributed by atoms with Gasteiger partial charge in [0.2, 0.25) is 0 Å². The first-order valence-electron chi connectivity index (χ1n) is 7.90. The normalized spacial score (nSPS) is 10.5. The summed E-state index contributed by atoms with van der Waals surface area (Å²) in [5.41, 5.74) is 1.34. The molecule has 6 heteroatoms. The van der Waals surface area contributed by atoms with Crippen molar-refractivity contribution in [3.8, 4) is 0 Å². The molecule has 0 radical (unpaired) electrons. The Hall–Kier alpha value is -2.56. The number of benzene rings is 3. The van der Waals surface area contributed by atoms with Crippen molar-refractivity contribution in [3.05, 3.63) is 76.3 Å². The van der Waals surface area contributed by atoms with Crippen LogP contribution < -0.4 is 5.32 Å². The average Bonchev–Trinajstić information content (AvgIpc) is 2.63. The number of fused-ring (bicyclic) bond motifs is 1. The second-order valence-corrected chi connectivity index (χ2v) is 6.47. The summed E-state index contributed by atoms with van der Waals surface area (Å²) >= 11 is 11.7. The highest BCUT2D eigenvalue weighted by Crippen LogP contribution is 2.25. The Labute approximate surface area is 160 Å². The van der Waals surface area contributed by atoms with Crippen LogP contribution in [0.3, 0.4) is 0 Å². The van der Waals surface area contributed by atoms with Crippen LogP contribution in [-0.2, 0) is 20.7 Å². The van der Waals surface area contributed by atoms with Crippen LogP contribution in [0, 0.1) is 0 Å². The number of nitrogens with one attached hydrogen (secondary N) is 1. The molecule has 0 fully saturated rings. The largest absolute Gasteiger partial charge is 0.455 e. The third-order valence-corrected chi connectivity index (χ3v) is 4.52. The molecule has 132 valence electrons. The van der Waals surface area contributed by atoms with Gasteiger partial charge < -0.3 is 10.1 Å². The fourth-order valence-corrected chi connectivity index (χ4v) is 2.87. The van der Waals surface area contributed by atoms with E-state index in [4.69, 9.17) is 27.9 Å². The second kappa shape index (κ2) is 8.21. The zero-order valence-electron chi connectivity index (χ0n) is 13.7. The molecule has 0 bridgehead atoms. The molecule has 0 unspecified atom stereocenters. The molecule has 3 aromatic rings. The van der Waals surface area contributed by atoms with Gasteiger partial charge in [0, 0.05) is 5.69 Å². The third-order valence-electron chi connectivity index (χ3n) is 3.78. The molecule has 3 rings (SSSR count). The molecule has 0 aliphatic rings. The van der Waals surface area contributed by atoms with E-state index >= 15 is 0 Å². The number of carbonyl (C=O) groups is 2. The van der Waals surface area contributed by atoms with Gasteiger partial charge in [-0.2, -0.15) is 0 Å². The highest BCUT2D eigenvalue weighted by atomic mass is 35.5. The Balaban J connectivity index is 1.56. The van der Waals surface area contributed by atoms with Crippen molar-refractivity contribution < 1.29 is 14.3 Å². The van der Waals surface area contributed by atoms with Crippen molar-refractivity contribution in [3.63, 3.8) is 0 Å². The van der Waals surface area contributed by atoms with Crippen LogP contribution in [0.5, 0.6) is 0 Å². The maximum Gasteiger partial charge on any atom is 0.310 e. The molecule has 0 aliphatic heterocycles. The summed E-state index contributed by atoms with van der Waals surface area (Å²) in [5, 5.41) is 5.37. The lowest BCUT2D eigenvalue weighted by Gasteiger charge is -2.09. The van der Waals surface area contributed by atoms with Gasteiger partial charge in [0.1, 0.15) is 0 Å². The summed E-state index contributed by atoms with van der Waals surface area (Å²) in [4.78, 5) is 24.0. The van der Waals surface area contributed by atoms with Crippen molar-refractivity contribution in [2.75, 3.05) is 11.9 Å². The van der Waals surface area contributed by atoms with Crippen LogP contribution in [0.25, 0.3) is 10.8 Å². The predicted molar refractivity (Wildman–Crippen MR) is 104 cm³/mol. The number of esters is 1. The molecule has 0 heterocycles. The van der Waals surface area contributed by atoms with Crippen LogP contribution >= 0.6 is 23.2 Å². The summed E-state index contributed by atoms with van der Waals surface area (Å²) in [6.45, 7) is -0.371. The summed E-state index contributed by atoms with van der Waals surface area (Å²) in [6, 6.07) is 18.3. The Morgan fingerprint density at radius 3 is 2.50 bits per heavy atom. The average molecular weight is 388 g/mol. The van der Waals surface area contributed by atoms with E-state index in [0.717, 1.165) is 16.3 Å². The molecule has 0 aromatic heterocycles. The minimum atomic E-state index is -0.467. The summed E-state index contributed by atoms with van der Waals surface area (Å²) < 4.78 is 5.07. The lowest BCUT2D eigenvalue weighted by molar-refractivity contribution is -0.146. The highest BCUT2D eigenvalue weighted by molar-refractivity contribution is 6.42. The van der Waals surface area contributed by atoms with E-state index in [1.54, 1.807) is 12.1 Å². The summed E-state index contributed by atoms with van der Waals surface area (Å²) in [5.74, 6) is -0.916. The second-order valence-electron chi connectivity index (χ2n) is 5.65. The predicted octanol–water partition coefficient (Wildman–Crippen LogP) is 4.87.